The minimum Gasteiger partial charge on any atom is -0.479 e. The van der Waals surface area contributed by atoms with E-state index >= 15 is 0 Å². The number of likely N-dealkylation sites (N-methyl/N-ethyl adjacent to an activating group) is 1. The molecule has 0 spiro atoms. The zero-order chi connectivity index (χ0) is 15.8. The van der Waals surface area contributed by atoms with E-state index in [-0.39, 0.29) is 17.2 Å². The average molecular weight is 334 g/mol. The van der Waals surface area contributed by atoms with Gasteiger partial charge in [0.2, 0.25) is 0 Å². The number of nitrogens with zero attached hydrogens (tertiary/aromatic N) is 1. The van der Waals surface area contributed by atoms with Crippen LogP contribution in [0.15, 0.2) is 23.1 Å². The fourth-order valence-corrected chi connectivity index (χ4v) is 2.97. The second-order valence-electron chi connectivity index (χ2n) is 4.56. The second kappa shape index (κ2) is 5.53. The maximum atomic E-state index is 11.8. The summed E-state index contributed by atoms with van der Waals surface area (Å²) >= 11 is 0. The Kier molecular flexibility index (Phi) is 4.11. The average Bonchev–Trinajstić information content (AvgIpc) is 2.69. The van der Waals surface area contributed by atoms with E-state index in [1.165, 1.54) is 17.0 Å². The van der Waals surface area contributed by atoms with Gasteiger partial charge >= 0.3 is 5.97 Å². The molecule has 1 aliphatic rings. The van der Waals surface area contributed by atoms with Crippen molar-refractivity contribution in [1.29, 1.82) is 0 Å². The van der Waals surface area contributed by atoms with Gasteiger partial charge in [0, 0.05) is 30.7 Å². The highest BCUT2D eigenvalue weighted by molar-refractivity contribution is 8.13. The largest absolute Gasteiger partial charge is 0.479 e. The van der Waals surface area contributed by atoms with Gasteiger partial charge in [-0.3, -0.25) is 4.79 Å². The van der Waals surface area contributed by atoms with E-state index < -0.39 is 26.0 Å². The topological polar surface area (TPSA) is 101 Å². The summed E-state index contributed by atoms with van der Waals surface area (Å²) in [7, 11) is 2.70. The number of carbonyl (C=O) groups excluding carboxylic acids is 1. The van der Waals surface area contributed by atoms with Gasteiger partial charge in [-0.25, -0.2) is 13.2 Å². The summed E-state index contributed by atoms with van der Waals surface area (Å²) in [5, 5.41) is 8.89. The smallest absolute Gasteiger partial charge is 0.335 e. The quantitative estimate of drug-likeness (QED) is 0.822. The summed E-state index contributed by atoms with van der Waals surface area (Å²) in [5.74, 6) is -1.70. The van der Waals surface area contributed by atoms with E-state index in [4.69, 9.17) is 20.5 Å². The molecule has 9 heteroatoms. The van der Waals surface area contributed by atoms with Crippen molar-refractivity contribution in [3.8, 4) is 5.75 Å². The van der Waals surface area contributed by atoms with Gasteiger partial charge in [0.25, 0.3) is 15.0 Å². The number of ether oxygens (including phenoxy) is 1. The molecular weight excluding hydrogens is 322 g/mol. The molecular formula is C12H12ClNO6S. The Bertz CT molecular complexity index is 702. The van der Waals surface area contributed by atoms with Crippen molar-refractivity contribution in [3.05, 3.63) is 23.8 Å². The Morgan fingerprint density at radius 2 is 2.14 bits per heavy atom. The van der Waals surface area contributed by atoms with Crippen LogP contribution in [0.5, 0.6) is 5.75 Å². The molecule has 21 heavy (non-hydrogen) atoms. The lowest BCUT2D eigenvalue weighted by Crippen LogP contribution is -2.29. The molecule has 0 aromatic heterocycles. The molecule has 0 bridgehead atoms. The lowest BCUT2D eigenvalue weighted by atomic mass is 10.2. The van der Waals surface area contributed by atoms with Crippen LogP contribution < -0.4 is 4.74 Å². The van der Waals surface area contributed by atoms with E-state index in [2.05, 4.69) is 0 Å². The lowest BCUT2D eigenvalue weighted by Gasteiger charge is -2.15. The van der Waals surface area contributed by atoms with Crippen molar-refractivity contribution in [2.75, 3.05) is 13.6 Å². The summed E-state index contributed by atoms with van der Waals surface area (Å²) in [5.41, 5.74) is -0.239. The summed E-state index contributed by atoms with van der Waals surface area (Å²) < 4.78 is 28.5. The number of hydrogen-bond acceptors (Lipinski definition) is 5. The molecule has 0 radical (unpaired) electrons. The van der Waals surface area contributed by atoms with Crippen LogP contribution in [0.1, 0.15) is 16.8 Å². The third kappa shape index (κ3) is 3.27. The summed E-state index contributed by atoms with van der Waals surface area (Å²) in [6.07, 6.45) is -0.388. The molecule has 1 amide bonds. The van der Waals surface area contributed by atoms with Crippen LogP contribution in [0, 0.1) is 0 Å². The Balaban J connectivity index is 2.40. The number of carboxylic acids is 1. The van der Waals surface area contributed by atoms with Crippen LogP contribution in [0.3, 0.4) is 0 Å². The molecule has 1 fully saturated rings. The van der Waals surface area contributed by atoms with Crippen LogP contribution in [0.2, 0.25) is 0 Å². The van der Waals surface area contributed by atoms with Gasteiger partial charge in [-0.05, 0) is 18.2 Å². The first-order valence-electron chi connectivity index (χ1n) is 5.94. The standard InChI is InChI=1S/C12H12ClNO6S/c1-14-5-4-9(11(14)15)20-8-3-2-7(12(16)17)6-10(8)21(13,18)19/h2-3,6,9H,4-5H2,1H3,(H,16,17). The van der Waals surface area contributed by atoms with E-state index in [0.717, 1.165) is 6.07 Å². The SMILES string of the molecule is CN1CCC(Oc2ccc(C(=O)O)cc2S(=O)(=O)Cl)C1=O. The number of likely N-dealkylation sites (tertiary alicyclic amines) is 1. The Labute approximate surface area is 125 Å². The molecule has 2 rings (SSSR count). The fraction of sp³-hybridized carbons (Fsp3) is 0.333. The highest BCUT2D eigenvalue weighted by Crippen LogP contribution is 2.30. The number of carboxylic acid groups (broad SMARTS) is 1. The van der Waals surface area contributed by atoms with Gasteiger partial charge in [0.05, 0.1) is 5.56 Å². The predicted molar refractivity (Wildman–Crippen MR) is 73.1 cm³/mol. The zero-order valence-corrected chi connectivity index (χ0v) is 12.5. The van der Waals surface area contributed by atoms with Crippen molar-refractivity contribution < 1.29 is 27.9 Å². The molecule has 1 atom stereocenters. The number of aromatic carboxylic acids is 1. The van der Waals surface area contributed by atoms with E-state index in [0.29, 0.717) is 13.0 Å². The van der Waals surface area contributed by atoms with Gasteiger partial charge in [-0.15, -0.1) is 0 Å². The van der Waals surface area contributed by atoms with E-state index in [9.17, 15) is 18.0 Å². The number of rotatable bonds is 4. The predicted octanol–water partition coefficient (Wildman–Crippen LogP) is 0.922. The number of halogens is 1. The van der Waals surface area contributed by atoms with Crippen molar-refractivity contribution >= 4 is 31.6 Å². The minimum atomic E-state index is -4.20. The number of carbonyl (C=O) groups is 2. The third-order valence-electron chi connectivity index (χ3n) is 3.10. The van der Waals surface area contributed by atoms with Crippen LogP contribution in [-0.2, 0) is 13.8 Å². The lowest BCUT2D eigenvalue weighted by molar-refractivity contribution is -0.132. The molecule has 114 valence electrons. The van der Waals surface area contributed by atoms with Crippen molar-refractivity contribution in [3.63, 3.8) is 0 Å². The zero-order valence-electron chi connectivity index (χ0n) is 10.9. The summed E-state index contributed by atoms with van der Waals surface area (Å²) in [6.45, 7) is 0.500. The fourth-order valence-electron chi connectivity index (χ4n) is 1.98. The summed E-state index contributed by atoms with van der Waals surface area (Å²) in [6, 6.07) is 3.28. The first-order valence-corrected chi connectivity index (χ1v) is 8.24. The number of benzene rings is 1. The van der Waals surface area contributed by atoms with E-state index in [1.807, 2.05) is 0 Å². The highest BCUT2D eigenvalue weighted by Gasteiger charge is 2.32. The van der Waals surface area contributed by atoms with E-state index in [1.54, 1.807) is 7.05 Å². The van der Waals surface area contributed by atoms with Crippen LogP contribution in [0.25, 0.3) is 0 Å². The molecule has 1 N–H and O–H groups in total. The molecule has 1 aromatic rings. The Morgan fingerprint density at radius 3 is 2.62 bits per heavy atom. The molecule has 0 saturated carbocycles. The third-order valence-corrected chi connectivity index (χ3v) is 4.44. The monoisotopic (exact) mass is 333 g/mol. The second-order valence-corrected chi connectivity index (χ2v) is 7.09. The molecule has 1 aliphatic heterocycles. The molecule has 7 nitrogen and oxygen atoms in total. The van der Waals surface area contributed by atoms with Gasteiger partial charge in [-0.1, -0.05) is 0 Å². The van der Waals surface area contributed by atoms with Gasteiger partial charge in [0.15, 0.2) is 6.10 Å². The number of hydrogen-bond donors (Lipinski definition) is 1. The Morgan fingerprint density at radius 1 is 1.48 bits per heavy atom. The van der Waals surface area contributed by atoms with Gasteiger partial charge in [-0.2, -0.15) is 0 Å². The molecule has 1 aromatic carbocycles. The molecule has 0 aliphatic carbocycles. The van der Waals surface area contributed by atoms with Crippen molar-refractivity contribution in [2.24, 2.45) is 0 Å². The highest BCUT2D eigenvalue weighted by atomic mass is 35.7. The molecule has 1 unspecified atom stereocenters. The maximum Gasteiger partial charge on any atom is 0.335 e. The van der Waals surface area contributed by atoms with Crippen molar-refractivity contribution in [2.45, 2.75) is 17.4 Å². The Hall–Kier alpha value is -1.80. The molecule has 1 heterocycles. The normalized spacial score (nSPS) is 18.9. The first kappa shape index (κ1) is 15.6. The first-order chi connectivity index (χ1) is 9.70. The van der Waals surface area contributed by atoms with Crippen LogP contribution in [0.4, 0.5) is 0 Å². The minimum absolute atomic E-state index is 0.136. The maximum absolute atomic E-state index is 11.8. The van der Waals surface area contributed by atoms with Gasteiger partial charge < -0.3 is 14.7 Å². The van der Waals surface area contributed by atoms with Crippen LogP contribution in [-0.4, -0.2) is 50.0 Å². The van der Waals surface area contributed by atoms with Gasteiger partial charge in [0.1, 0.15) is 10.6 Å². The summed E-state index contributed by atoms with van der Waals surface area (Å²) in [4.78, 5) is 23.7. The van der Waals surface area contributed by atoms with Crippen LogP contribution >= 0.6 is 10.7 Å². The van der Waals surface area contributed by atoms with Crippen molar-refractivity contribution in [1.82, 2.24) is 4.90 Å². The molecule has 1 saturated heterocycles. The number of amides is 1.